The van der Waals surface area contributed by atoms with Gasteiger partial charge >= 0.3 is 0 Å². The van der Waals surface area contributed by atoms with Crippen LogP contribution >= 0.6 is 11.3 Å². The maximum Gasteiger partial charge on any atom is 0.167 e. The van der Waals surface area contributed by atoms with Crippen LogP contribution in [0.5, 0.6) is 5.75 Å². The van der Waals surface area contributed by atoms with Gasteiger partial charge in [0.15, 0.2) is 11.6 Å². The standard InChI is InChI=1S/C15H14FN3OS/c1-20-14-7-11-13(8-12(14)16)18-9-19-15(11)17-5-4-10-3-2-6-21-10/h2-3,6-9H,4-5H2,1H3,(H,17,18,19). The van der Waals surface area contributed by atoms with Crippen molar-refractivity contribution in [1.29, 1.82) is 0 Å². The first-order chi connectivity index (χ1) is 10.3. The lowest BCUT2D eigenvalue weighted by Gasteiger charge is -2.09. The van der Waals surface area contributed by atoms with Crippen molar-refractivity contribution in [3.05, 3.63) is 46.7 Å². The van der Waals surface area contributed by atoms with E-state index >= 15 is 0 Å². The summed E-state index contributed by atoms with van der Waals surface area (Å²) in [6, 6.07) is 7.12. The van der Waals surface area contributed by atoms with Crippen LogP contribution in [0.4, 0.5) is 10.2 Å². The minimum Gasteiger partial charge on any atom is -0.494 e. The maximum absolute atomic E-state index is 13.7. The molecule has 3 rings (SSSR count). The Labute approximate surface area is 125 Å². The molecule has 3 aromatic rings. The Bertz CT molecular complexity index is 746. The molecule has 0 radical (unpaired) electrons. The number of rotatable bonds is 5. The van der Waals surface area contributed by atoms with E-state index in [2.05, 4.69) is 26.7 Å². The summed E-state index contributed by atoms with van der Waals surface area (Å²) in [6.45, 7) is 0.756. The van der Waals surface area contributed by atoms with Gasteiger partial charge in [0.2, 0.25) is 0 Å². The molecule has 0 aliphatic heterocycles. The third-order valence-corrected chi connectivity index (χ3v) is 4.09. The van der Waals surface area contributed by atoms with Crippen LogP contribution in [-0.4, -0.2) is 23.6 Å². The summed E-state index contributed by atoms with van der Waals surface area (Å²) in [7, 11) is 1.44. The number of nitrogens with zero attached hydrogens (tertiary/aromatic N) is 2. The highest BCUT2D eigenvalue weighted by Crippen LogP contribution is 2.27. The van der Waals surface area contributed by atoms with E-state index in [9.17, 15) is 4.39 Å². The van der Waals surface area contributed by atoms with Crippen LogP contribution in [0.3, 0.4) is 0 Å². The van der Waals surface area contributed by atoms with E-state index in [1.807, 2.05) is 6.07 Å². The number of benzene rings is 1. The van der Waals surface area contributed by atoms with Crippen LogP contribution in [0.2, 0.25) is 0 Å². The monoisotopic (exact) mass is 303 g/mol. The van der Waals surface area contributed by atoms with Gasteiger partial charge in [0.1, 0.15) is 12.1 Å². The summed E-state index contributed by atoms with van der Waals surface area (Å²) in [5.74, 6) is 0.460. The van der Waals surface area contributed by atoms with Crippen molar-refractivity contribution in [2.75, 3.05) is 19.0 Å². The van der Waals surface area contributed by atoms with Gasteiger partial charge in [-0.3, -0.25) is 0 Å². The predicted octanol–water partition coefficient (Wildman–Crippen LogP) is 3.49. The molecule has 0 amide bonds. The second-order valence-corrected chi connectivity index (χ2v) is 5.51. The van der Waals surface area contributed by atoms with Gasteiger partial charge in [-0.2, -0.15) is 0 Å². The highest BCUT2D eigenvalue weighted by molar-refractivity contribution is 7.09. The van der Waals surface area contributed by atoms with E-state index in [-0.39, 0.29) is 5.75 Å². The molecule has 0 bridgehead atoms. The average Bonchev–Trinajstić information content (AvgIpc) is 3.00. The van der Waals surface area contributed by atoms with E-state index in [4.69, 9.17) is 4.74 Å². The van der Waals surface area contributed by atoms with Gasteiger partial charge in [-0.15, -0.1) is 11.3 Å². The van der Waals surface area contributed by atoms with Gasteiger partial charge in [0.25, 0.3) is 0 Å². The number of hydrogen-bond donors (Lipinski definition) is 1. The van der Waals surface area contributed by atoms with Crippen molar-refractivity contribution in [2.24, 2.45) is 0 Å². The highest BCUT2D eigenvalue weighted by atomic mass is 32.1. The molecule has 0 aliphatic carbocycles. The molecular weight excluding hydrogens is 289 g/mol. The third kappa shape index (κ3) is 2.95. The number of halogens is 1. The first-order valence-electron chi connectivity index (χ1n) is 6.52. The van der Waals surface area contributed by atoms with Crippen LogP contribution < -0.4 is 10.1 Å². The minimum absolute atomic E-state index is 0.193. The molecule has 0 fully saturated rings. The van der Waals surface area contributed by atoms with Gasteiger partial charge in [0.05, 0.1) is 12.6 Å². The fourth-order valence-electron chi connectivity index (χ4n) is 2.11. The number of aromatic nitrogens is 2. The van der Waals surface area contributed by atoms with E-state index in [0.717, 1.165) is 18.4 Å². The number of hydrogen-bond acceptors (Lipinski definition) is 5. The molecule has 0 unspecified atom stereocenters. The summed E-state index contributed by atoms with van der Waals surface area (Å²) in [5.41, 5.74) is 0.557. The zero-order valence-corrected chi connectivity index (χ0v) is 12.3. The van der Waals surface area contributed by atoms with Crippen molar-refractivity contribution >= 4 is 28.1 Å². The van der Waals surface area contributed by atoms with Crippen molar-refractivity contribution in [1.82, 2.24) is 9.97 Å². The lowest BCUT2D eigenvalue weighted by Crippen LogP contribution is -2.06. The quantitative estimate of drug-likeness (QED) is 0.784. The number of methoxy groups -OCH3 is 1. The fraction of sp³-hybridized carbons (Fsp3) is 0.200. The van der Waals surface area contributed by atoms with Gasteiger partial charge in [-0.1, -0.05) is 6.07 Å². The van der Waals surface area contributed by atoms with Crippen LogP contribution in [0.25, 0.3) is 10.9 Å². The number of fused-ring (bicyclic) bond motifs is 1. The van der Waals surface area contributed by atoms with Gasteiger partial charge < -0.3 is 10.1 Å². The summed E-state index contributed by atoms with van der Waals surface area (Å²) in [6.07, 6.45) is 2.35. The Morgan fingerprint density at radius 1 is 1.33 bits per heavy atom. The van der Waals surface area contributed by atoms with Crippen molar-refractivity contribution in [3.8, 4) is 5.75 Å². The minimum atomic E-state index is -0.423. The summed E-state index contributed by atoms with van der Waals surface area (Å²) >= 11 is 1.73. The fourth-order valence-corrected chi connectivity index (χ4v) is 2.82. The Hall–Kier alpha value is -2.21. The Morgan fingerprint density at radius 3 is 3.00 bits per heavy atom. The van der Waals surface area contributed by atoms with Gasteiger partial charge in [0, 0.05) is 22.9 Å². The summed E-state index contributed by atoms with van der Waals surface area (Å²) < 4.78 is 18.7. The molecule has 0 atom stereocenters. The van der Waals surface area contributed by atoms with Crippen LogP contribution in [0, 0.1) is 5.82 Å². The lowest BCUT2D eigenvalue weighted by molar-refractivity contribution is 0.387. The van der Waals surface area contributed by atoms with Gasteiger partial charge in [-0.05, 0) is 23.9 Å². The Kier molecular flexibility index (Phi) is 3.96. The van der Waals surface area contributed by atoms with Crippen LogP contribution in [0.15, 0.2) is 36.0 Å². The molecule has 21 heavy (non-hydrogen) atoms. The molecule has 2 heterocycles. The van der Waals surface area contributed by atoms with E-state index in [0.29, 0.717) is 11.3 Å². The molecule has 108 valence electrons. The van der Waals surface area contributed by atoms with Crippen LogP contribution in [0.1, 0.15) is 4.88 Å². The predicted molar refractivity (Wildman–Crippen MR) is 82.6 cm³/mol. The Balaban J connectivity index is 1.84. The van der Waals surface area contributed by atoms with E-state index in [1.54, 1.807) is 17.4 Å². The number of thiophene rings is 1. The lowest BCUT2D eigenvalue weighted by atomic mass is 10.2. The van der Waals surface area contributed by atoms with E-state index < -0.39 is 5.82 Å². The third-order valence-electron chi connectivity index (χ3n) is 3.15. The highest BCUT2D eigenvalue weighted by Gasteiger charge is 2.09. The molecule has 6 heteroatoms. The SMILES string of the molecule is COc1cc2c(NCCc3cccs3)ncnc2cc1F. The van der Waals surface area contributed by atoms with Crippen molar-refractivity contribution in [3.63, 3.8) is 0 Å². The number of ether oxygens (including phenoxy) is 1. The second-order valence-electron chi connectivity index (χ2n) is 4.48. The maximum atomic E-state index is 13.7. The van der Waals surface area contributed by atoms with E-state index in [1.165, 1.54) is 24.4 Å². The van der Waals surface area contributed by atoms with Crippen LogP contribution in [-0.2, 0) is 6.42 Å². The molecule has 1 aromatic carbocycles. The Morgan fingerprint density at radius 2 is 2.24 bits per heavy atom. The molecule has 0 spiro atoms. The van der Waals surface area contributed by atoms with Crippen molar-refractivity contribution in [2.45, 2.75) is 6.42 Å². The smallest absolute Gasteiger partial charge is 0.167 e. The molecule has 1 N–H and O–H groups in total. The first-order valence-corrected chi connectivity index (χ1v) is 7.40. The topological polar surface area (TPSA) is 47.0 Å². The zero-order valence-electron chi connectivity index (χ0n) is 11.5. The van der Waals surface area contributed by atoms with Crippen molar-refractivity contribution < 1.29 is 9.13 Å². The average molecular weight is 303 g/mol. The number of nitrogens with one attached hydrogen (secondary N) is 1. The zero-order chi connectivity index (χ0) is 14.7. The molecule has 0 saturated heterocycles. The normalized spacial score (nSPS) is 10.8. The summed E-state index contributed by atoms with van der Waals surface area (Å²) in [4.78, 5) is 9.64. The molecule has 0 saturated carbocycles. The molecule has 4 nitrogen and oxygen atoms in total. The molecule has 2 aromatic heterocycles. The first kappa shape index (κ1) is 13.8. The van der Waals surface area contributed by atoms with Gasteiger partial charge in [-0.25, -0.2) is 14.4 Å². The summed E-state index contributed by atoms with van der Waals surface area (Å²) in [5, 5.41) is 6.08. The molecular formula is C15H14FN3OS. The number of anilines is 1. The second kappa shape index (κ2) is 6.05. The largest absolute Gasteiger partial charge is 0.494 e. The molecule has 0 aliphatic rings.